The fourth-order valence-electron chi connectivity index (χ4n) is 14.2. The van der Waals surface area contributed by atoms with Gasteiger partial charge in [-0.2, -0.15) is 0 Å². The first kappa shape index (κ1) is 36.2. The molecule has 5 aliphatic carbocycles. The monoisotopic (exact) mass is 701 g/mol. The Labute approximate surface area is 301 Å². The van der Waals surface area contributed by atoms with E-state index in [1.165, 1.54) is 58.5 Å². The number of carbonyl (C=O) groups excluding carboxylic acids is 1. The Morgan fingerprint density at radius 1 is 0.960 bits per heavy atom. The van der Waals surface area contributed by atoms with Crippen LogP contribution in [-0.2, 0) is 28.5 Å². The molecule has 9 nitrogen and oxygen atoms in total. The van der Waals surface area contributed by atoms with Crippen LogP contribution in [0.5, 0.6) is 0 Å². The second-order valence-electron chi connectivity index (χ2n) is 19.8. The molecule has 0 amide bonds. The lowest BCUT2D eigenvalue weighted by molar-refractivity contribution is -0.246. The van der Waals surface area contributed by atoms with Crippen LogP contribution in [0, 0.1) is 51.2 Å². The topological polar surface area (TPSA) is 89.9 Å². The lowest BCUT2D eigenvalue weighted by atomic mass is 9.46. The molecule has 0 aromatic heterocycles. The highest BCUT2D eigenvalue weighted by Gasteiger charge is 2.80. The van der Waals surface area contributed by atoms with Crippen molar-refractivity contribution in [2.24, 2.45) is 51.2 Å². The number of carbonyl (C=O) groups is 1. The molecule has 11 unspecified atom stereocenters. The van der Waals surface area contributed by atoms with Gasteiger partial charge in [0.2, 0.25) is 0 Å². The highest BCUT2D eigenvalue weighted by Crippen LogP contribution is 2.87. The minimum absolute atomic E-state index is 0.117. The van der Waals surface area contributed by atoms with Gasteiger partial charge in [-0.15, -0.1) is 0 Å². The van der Waals surface area contributed by atoms with Gasteiger partial charge in [0.15, 0.2) is 12.4 Å². The molecular formula is C41H68N2O7. The molecular weight excluding hydrogens is 632 g/mol. The van der Waals surface area contributed by atoms with Crippen LogP contribution in [0.15, 0.2) is 0 Å². The third kappa shape index (κ3) is 5.85. The minimum atomic E-state index is -1.14. The van der Waals surface area contributed by atoms with Crippen LogP contribution in [0.3, 0.4) is 0 Å². The Morgan fingerprint density at radius 2 is 1.74 bits per heavy atom. The second-order valence-corrected chi connectivity index (χ2v) is 19.8. The Morgan fingerprint density at radius 3 is 2.48 bits per heavy atom. The van der Waals surface area contributed by atoms with E-state index in [-0.39, 0.29) is 36.0 Å². The SMILES string of the molecule is COCCN1CC(CN2CCOC(OC3CCC45C[C@]46CCC4(C)C7CCC(C(OC(C)=O)C(C)(C)O)OC7CC4C6CCC5C3(C)C)C2)C1. The lowest BCUT2D eigenvalue weighted by Gasteiger charge is -2.60. The fourth-order valence-corrected chi connectivity index (χ4v) is 14.2. The molecule has 0 radical (unpaired) electrons. The van der Waals surface area contributed by atoms with Crippen molar-refractivity contribution in [3.63, 3.8) is 0 Å². The number of esters is 1. The highest BCUT2D eigenvalue weighted by atomic mass is 16.7. The zero-order valence-electron chi connectivity index (χ0n) is 32.3. The Balaban J connectivity index is 0.905. The van der Waals surface area contributed by atoms with Crippen LogP contribution in [0.1, 0.15) is 106 Å². The molecule has 8 aliphatic rings. The molecule has 3 saturated heterocycles. The number of nitrogens with zero attached hydrogens (tertiary/aromatic N) is 2. The van der Waals surface area contributed by atoms with Gasteiger partial charge in [-0.25, -0.2) is 0 Å². The number of fused-ring (bicyclic) bond motifs is 4. The molecule has 0 bridgehead atoms. The fraction of sp³-hybridized carbons (Fsp3) is 0.976. The molecule has 0 aromatic carbocycles. The minimum Gasteiger partial charge on any atom is -0.457 e. The molecule has 3 aliphatic heterocycles. The normalized spacial score (nSPS) is 46.4. The largest absolute Gasteiger partial charge is 0.457 e. The van der Waals surface area contributed by atoms with Gasteiger partial charge in [-0.05, 0) is 129 Å². The van der Waals surface area contributed by atoms with Crippen molar-refractivity contribution in [2.45, 2.75) is 142 Å². The number of rotatable bonds is 10. The van der Waals surface area contributed by atoms with Crippen LogP contribution < -0.4 is 0 Å². The van der Waals surface area contributed by atoms with Gasteiger partial charge in [0.05, 0.1) is 37.1 Å². The third-order valence-electron chi connectivity index (χ3n) is 16.5. The van der Waals surface area contributed by atoms with Crippen molar-refractivity contribution in [1.82, 2.24) is 9.80 Å². The summed E-state index contributed by atoms with van der Waals surface area (Å²) < 4.78 is 31.1. The predicted octanol–water partition coefficient (Wildman–Crippen LogP) is 5.52. The van der Waals surface area contributed by atoms with Gasteiger partial charge in [-0.1, -0.05) is 20.8 Å². The van der Waals surface area contributed by atoms with Crippen LogP contribution in [0.25, 0.3) is 0 Å². The van der Waals surface area contributed by atoms with Gasteiger partial charge < -0.3 is 33.7 Å². The first-order valence-electron chi connectivity index (χ1n) is 20.5. The smallest absolute Gasteiger partial charge is 0.303 e. The Bertz CT molecular complexity index is 1270. The summed E-state index contributed by atoms with van der Waals surface area (Å²) in [4.78, 5) is 17.1. The van der Waals surface area contributed by atoms with Crippen molar-refractivity contribution in [3.8, 4) is 0 Å². The average Bonchev–Trinajstić information content (AvgIpc) is 3.61. The maximum atomic E-state index is 12.0. The molecule has 8 fully saturated rings. The quantitative estimate of drug-likeness (QED) is 0.296. The van der Waals surface area contributed by atoms with E-state index in [1.54, 1.807) is 21.0 Å². The molecule has 8 rings (SSSR count). The maximum Gasteiger partial charge on any atom is 0.303 e. The summed E-state index contributed by atoms with van der Waals surface area (Å²) in [5, 5.41) is 10.9. The van der Waals surface area contributed by atoms with Crippen LogP contribution in [0.2, 0.25) is 0 Å². The number of aliphatic hydroxyl groups is 1. The Kier molecular flexibility index (Phi) is 9.34. The van der Waals surface area contributed by atoms with Gasteiger partial charge in [0.25, 0.3) is 0 Å². The number of hydrogen-bond acceptors (Lipinski definition) is 9. The van der Waals surface area contributed by atoms with E-state index in [9.17, 15) is 9.90 Å². The summed E-state index contributed by atoms with van der Waals surface area (Å²) in [6.07, 6.45) is 11.7. The van der Waals surface area contributed by atoms with Crippen molar-refractivity contribution >= 4 is 5.97 Å². The number of hydrogen-bond donors (Lipinski definition) is 1. The summed E-state index contributed by atoms with van der Waals surface area (Å²) in [6, 6.07) is 0. The number of methoxy groups -OCH3 is 1. The van der Waals surface area contributed by atoms with E-state index < -0.39 is 11.7 Å². The summed E-state index contributed by atoms with van der Waals surface area (Å²) in [5.41, 5.74) is 0.271. The summed E-state index contributed by atoms with van der Waals surface area (Å²) >= 11 is 0. The van der Waals surface area contributed by atoms with Crippen molar-refractivity contribution in [1.29, 1.82) is 0 Å². The molecule has 12 atom stereocenters. The zero-order chi connectivity index (χ0) is 35.3. The average molecular weight is 701 g/mol. The third-order valence-corrected chi connectivity index (χ3v) is 16.5. The number of ether oxygens (including phenoxy) is 5. The van der Waals surface area contributed by atoms with E-state index >= 15 is 0 Å². The molecule has 284 valence electrons. The first-order chi connectivity index (χ1) is 23.7. The molecule has 1 N–H and O–H groups in total. The standard InChI is InChI=1S/C41H68N2O7/c1-26(44)48-36(38(4,5)45)31-10-8-29-32(49-31)20-30-28-9-11-33-37(2,3)34(12-13-41(33)25-40(28,41)15-14-39(29,30)6)50-35-24-43(17-19-47-35)23-27-21-42(22-27)16-18-46-7/h27-36,45H,8-25H2,1-7H3/t28?,29?,30?,31?,32?,33?,34?,35?,36?,39?,40-,41?/m0/s1. The van der Waals surface area contributed by atoms with Gasteiger partial charge in [0, 0.05) is 53.3 Å². The summed E-state index contributed by atoms with van der Waals surface area (Å²) in [6.45, 7) is 20.6. The zero-order valence-corrected chi connectivity index (χ0v) is 32.3. The summed E-state index contributed by atoms with van der Waals surface area (Å²) in [7, 11) is 1.79. The first-order valence-corrected chi connectivity index (χ1v) is 20.5. The number of likely N-dealkylation sites (tertiary alicyclic amines) is 1. The van der Waals surface area contributed by atoms with Crippen LogP contribution in [0.4, 0.5) is 0 Å². The lowest BCUT2D eigenvalue weighted by Crippen LogP contribution is -2.57. The van der Waals surface area contributed by atoms with E-state index in [1.807, 2.05) is 0 Å². The molecule has 5 saturated carbocycles. The molecule has 3 heterocycles. The van der Waals surface area contributed by atoms with Crippen molar-refractivity contribution in [3.05, 3.63) is 0 Å². The van der Waals surface area contributed by atoms with Gasteiger partial charge in [0.1, 0.15) is 0 Å². The molecule has 0 aromatic rings. The summed E-state index contributed by atoms with van der Waals surface area (Å²) in [5.74, 6) is 3.15. The molecule has 2 spiro atoms. The van der Waals surface area contributed by atoms with E-state index in [4.69, 9.17) is 23.7 Å². The van der Waals surface area contributed by atoms with E-state index in [2.05, 4.69) is 30.6 Å². The molecule has 50 heavy (non-hydrogen) atoms. The van der Waals surface area contributed by atoms with Gasteiger partial charge in [-0.3, -0.25) is 9.69 Å². The maximum absolute atomic E-state index is 12.0. The molecule has 9 heteroatoms. The van der Waals surface area contributed by atoms with E-state index in [0.717, 1.165) is 76.9 Å². The predicted molar refractivity (Wildman–Crippen MR) is 190 cm³/mol. The van der Waals surface area contributed by atoms with Crippen molar-refractivity contribution < 1.29 is 33.6 Å². The van der Waals surface area contributed by atoms with Crippen LogP contribution >= 0.6 is 0 Å². The van der Waals surface area contributed by atoms with Gasteiger partial charge >= 0.3 is 5.97 Å². The van der Waals surface area contributed by atoms with E-state index in [0.29, 0.717) is 34.0 Å². The van der Waals surface area contributed by atoms with Crippen LogP contribution in [-0.4, -0.2) is 117 Å². The number of morpholine rings is 1. The Hall–Kier alpha value is -0.810. The van der Waals surface area contributed by atoms with Crippen molar-refractivity contribution in [2.75, 3.05) is 59.6 Å². The highest BCUT2D eigenvalue weighted by molar-refractivity contribution is 5.66. The second kappa shape index (κ2) is 12.9.